The Labute approximate surface area is 81.3 Å². The Balaban J connectivity index is 2.42. The molecule has 1 unspecified atom stereocenters. The Hall–Kier alpha value is -1.58. The lowest BCUT2D eigenvalue weighted by Crippen LogP contribution is -2.22. The molecule has 1 amide bonds. The van der Waals surface area contributed by atoms with Gasteiger partial charge in [-0.3, -0.25) is 4.79 Å². The van der Waals surface area contributed by atoms with Crippen LogP contribution in [-0.2, 0) is 4.79 Å². The van der Waals surface area contributed by atoms with Crippen molar-refractivity contribution in [1.82, 2.24) is 0 Å². The number of halogens is 1. The number of hydrogen-bond acceptors (Lipinski definition) is 2. The number of hydrogen-bond donors (Lipinski definition) is 2. The van der Waals surface area contributed by atoms with Crippen molar-refractivity contribution in [2.75, 3.05) is 17.2 Å². The lowest BCUT2D eigenvalue weighted by atomic mass is 10.2. The summed E-state index contributed by atoms with van der Waals surface area (Å²) < 4.78 is 13.3. The Morgan fingerprint density at radius 1 is 1.50 bits per heavy atom. The van der Waals surface area contributed by atoms with Crippen LogP contribution in [0.4, 0.5) is 15.8 Å². The van der Waals surface area contributed by atoms with Crippen molar-refractivity contribution < 1.29 is 9.18 Å². The minimum absolute atomic E-state index is 0.0816. The summed E-state index contributed by atoms with van der Waals surface area (Å²) in [5.41, 5.74) is 0.893. The molecule has 0 radical (unpaired) electrons. The number of benzene rings is 1. The lowest BCUT2D eigenvalue weighted by Gasteiger charge is -2.07. The second-order valence-electron chi connectivity index (χ2n) is 3.43. The van der Waals surface area contributed by atoms with E-state index in [2.05, 4.69) is 10.6 Å². The van der Waals surface area contributed by atoms with Gasteiger partial charge in [-0.05, 0) is 12.1 Å². The summed E-state index contributed by atoms with van der Waals surface area (Å²) in [6.07, 6.45) is 0. The van der Waals surface area contributed by atoms with Crippen molar-refractivity contribution in [1.29, 1.82) is 0 Å². The maximum atomic E-state index is 13.3. The minimum Gasteiger partial charge on any atom is -0.380 e. The molecule has 0 aliphatic carbocycles. The molecule has 4 heteroatoms. The third-order valence-electron chi connectivity index (χ3n) is 2.30. The van der Waals surface area contributed by atoms with E-state index >= 15 is 0 Å². The number of amides is 1. The molecule has 14 heavy (non-hydrogen) atoms. The van der Waals surface area contributed by atoms with Gasteiger partial charge in [0.1, 0.15) is 5.82 Å². The van der Waals surface area contributed by atoms with Gasteiger partial charge in [-0.2, -0.15) is 0 Å². The van der Waals surface area contributed by atoms with Crippen molar-refractivity contribution >= 4 is 17.3 Å². The SMILES string of the molecule is CC1CNc2c(F)cccc2NC1=O. The third kappa shape index (κ3) is 1.43. The summed E-state index contributed by atoms with van der Waals surface area (Å²) in [6.45, 7) is 2.26. The van der Waals surface area contributed by atoms with E-state index in [1.165, 1.54) is 6.07 Å². The zero-order valence-electron chi connectivity index (χ0n) is 7.80. The highest BCUT2D eigenvalue weighted by Crippen LogP contribution is 2.27. The van der Waals surface area contributed by atoms with E-state index in [0.717, 1.165) is 0 Å². The summed E-state index contributed by atoms with van der Waals surface area (Å²) in [5.74, 6) is -0.569. The molecule has 1 heterocycles. The molecular weight excluding hydrogens is 183 g/mol. The van der Waals surface area contributed by atoms with Crippen molar-refractivity contribution in [2.45, 2.75) is 6.92 Å². The van der Waals surface area contributed by atoms with Crippen LogP contribution in [0.25, 0.3) is 0 Å². The number of fused-ring (bicyclic) bond motifs is 1. The molecule has 2 N–H and O–H groups in total. The molecule has 1 aromatic rings. The van der Waals surface area contributed by atoms with Crippen LogP contribution in [0.5, 0.6) is 0 Å². The van der Waals surface area contributed by atoms with Gasteiger partial charge < -0.3 is 10.6 Å². The number of carbonyl (C=O) groups is 1. The first-order valence-corrected chi connectivity index (χ1v) is 4.51. The second-order valence-corrected chi connectivity index (χ2v) is 3.43. The van der Waals surface area contributed by atoms with Crippen molar-refractivity contribution in [3.05, 3.63) is 24.0 Å². The van der Waals surface area contributed by atoms with Gasteiger partial charge in [0, 0.05) is 6.54 Å². The predicted octanol–water partition coefficient (Wildman–Crippen LogP) is 1.83. The van der Waals surface area contributed by atoms with Gasteiger partial charge in [0.2, 0.25) is 5.91 Å². The summed E-state index contributed by atoms with van der Waals surface area (Å²) >= 11 is 0. The van der Waals surface area contributed by atoms with Gasteiger partial charge in [-0.25, -0.2) is 4.39 Å². The first-order chi connectivity index (χ1) is 6.68. The minimum atomic E-state index is -0.336. The summed E-state index contributed by atoms with van der Waals surface area (Å²) in [7, 11) is 0. The van der Waals surface area contributed by atoms with E-state index in [4.69, 9.17) is 0 Å². The van der Waals surface area contributed by atoms with E-state index in [9.17, 15) is 9.18 Å². The average Bonchev–Trinajstić information content (AvgIpc) is 2.29. The van der Waals surface area contributed by atoms with E-state index in [-0.39, 0.29) is 17.6 Å². The molecule has 0 bridgehead atoms. The topological polar surface area (TPSA) is 41.1 Å². The lowest BCUT2D eigenvalue weighted by molar-refractivity contribution is -0.118. The van der Waals surface area contributed by atoms with Crippen LogP contribution >= 0.6 is 0 Å². The van der Waals surface area contributed by atoms with Gasteiger partial charge in [0.25, 0.3) is 0 Å². The molecule has 3 nitrogen and oxygen atoms in total. The standard InChI is InChI=1S/C10H11FN2O/c1-6-5-12-9-7(11)3-2-4-8(9)13-10(6)14/h2-4,6,12H,5H2,1H3,(H,13,14). The first-order valence-electron chi connectivity index (χ1n) is 4.51. The third-order valence-corrected chi connectivity index (χ3v) is 2.30. The summed E-state index contributed by atoms with van der Waals surface area (Å²) in [4.78, 5) is 11.4. The molecule has 0 spiro atoms. The highest BCUT2D eigenvalue weighted by Gasteiger charge is 2.20. The molecule has 0 fully saturated rings. The maximum Gasteiger partial charge on any atom is 0.229 e. The second kappa shape index (κ2) is 3.29. The number of rotatable bonds is 0. The highest BCUT2D eigenvalue weighted by molar-refractivity contribution is 5.97. The van der Waals surface area contributed by atoms with Gasteiger partial charge in [0.05, 0.1) is 17.3 Å². The largest absolute Gasteiger partial charge is 0.380 e. The predicted molar refractivity (Wildman–Crippen MR) is 52.7 cm³/mol. The molecule has 0 saturated carbocycles. The van der Waals surface area contributed by atoms with Crippen LogP contribution in [0.1, 0.15) is 6.92 Å². The molecule has 74 valence electrons. The molecule has 2 rings (SSSR count). The molecule has 1 aliphatic rings. The fraction of sp³-hybridized carbons (Fsp3) is 0.300. The van der Waals surface area contributed by atoms with Gasteiger partial charge in [-0.15, -0.1) is 0 Å². The Morgan fingerprint density at radius 2 is 2.29 bits per heavy atom. The van der Waals surface area contributed by atoms with Crippen molar-refractivity contribution in [3.63, 3.8) is 0 Å². The Kier molecular flexibility index (Phi) is 2.11. The van der Waals surface area contributed by atoms with Crippen LogP contribution in [0, 0.1) is 11.7 Å². The molecular formula is C10H11FN2O. The van der Waals surface area contributed by atoms with Crippen LogP contribution in [0.15, 0.2) is 18.2 Å². The quantitative estimate of drug-likeness (QED) is 0.661. The smallest absolute Gasteiger partial charge is 0.229 e. The monoisotopic (exact) mass is 194 g/mol. The van der Waals surface area contributed by atoms with Crippen LogP contribution in [0.3, 0.4) is 0 Å². The van der Waals surface area contributed by atoms with E-state index in [1.54, 1.807) is 19.1 Å². The Morgan fingerprint density at radius 3 is 3.07 bits per heavy atom. The van der Waals surface area contributed by atoms with Gasteiger partial charge >= 0.3 is 0 Å². The summed E-state index contributed by atoms with van der Waals surface area (Å²) in [6, 6.07) is 4.63. The van der Waals surface area contributed by atoms with E-state index in [0.29, 0.717) is 17.9 Å². The first kappa shape index (κ1) is 8.99. The van der Waals surface area contributed by atoms with Gasteiger partial charge in [0.15, 0.2) is 0 Å². The maximum absolute atomic E-state index is 13.3. The average molecular weight is 194 g/mol. The number of para-hydroxylation sites is 1. The summed E-state index contributed by atoms with van der Waals surface area (Å²) in [5, 5.41) is 5.59. The zero-order valence-corrected chi connectivity index (χ0v) is 7.80. The van der Waals surface area contributed by atoms with Gasteiger partial charge in [-0.1, -0.05) is 13.0 Å². The fourth-order valence-corrected chi connectivity index (χ4v) is 1.41. The van der Waals surface area contributed by atoms with Crippen molar-refractivity contribution in [2.24, 2.45) is 5.92 Å². The number of nitrogens with one attached hydrogen (secondary N) is 2. The fourth-order valence-electron chi connectivity index (χ4n) is 1.41. The van der Waals surface area contributed by atoms with Crippen LogP contribution < -0.4 is 10.6 Å². The molecule has 0 aromatic heterocycles. The normalized spacial score (nSPS) is 20.4. The zero-order chi connectivity index (χ0) is 10.1. The highest BCUT2D eigenvalue weighted by atomic mass is 19.1. The van der Waals surface area contributed by atoms with E-state index < -0.39 is 0 Å². The molecule has 1 aliphatic heterocycles. The molecule has 1 aromatic carbocycles. The van der Waals surface area contributed by atoms with Crippen molar-refractivity contribution in [3.8, 4) is 0 Å². The molecule has 1 atom stereocenters. The van der Waals surface area contributed by atoms with Crippen LogP contribution in [0.2, 0.25) is 0 Å². The number of anilines is 2. The van der Waals surface area contributed by atoms with E-state index in [1.807, 2.05) is 0 Å². The number of carbonyl (C=O) groups excluding carboxylic acids is 1. The Bertz CT molecular complexity index is 378. The van der Waals surface area contributed by atoms with Crippen LogP contribution in [-0.4, -0.2) is 12.5 Å². The molecule has 0 saturated heterocycles.